The van der Waals surface area contributed by atoms with Gasteiger partial charge < -0.3 is 24.0 Å². The minimum atomic E-state index is -0.0596. The molecule has 0 atom stereocenters. The first kappa shape index (κ1) is 25.4. The number of hydrogen-bond acceptors (Lipinski definition) is 3. The van der Waals surface area contributed by atoms with Crippen molar-refractivity contribution in [2.24, 2.45) is 7.05 Å². The number of para-hydroxylation sites is 2. The average molecular weight is 659 g/mol. The van der Waals surface area contributed by atoms with E-state index in [-0.39, 0.29) is 29.5 Å². The SMILES string of the molecule is Cc1c(-[n+]2c(-c3ccc(Br)cc3)csc2N(C)c2ccccc2)c(=O)n(-c2ccccc2)n1C.[I-]. The third-order valence-corrected chi connectivity index (χ3v) is 7.56. The topological polar surface area (TPSA) is 34.0 Å². The van der Waals surface area contributed by atoms with Crippen LogP contribution in [0.2, 0.25) is 0 Å². The van der Waals surface area contributed by atoms with Crippen LogP contribution in [0, 0.1) is 6.92 Å². The van der Waals surface area contributed by atoms with Crippen LogP contribution >= 0.6 is 27.3 Å². The summed E-state index contributed by atoms with van der Waals surface area (Å²) in [6.45, 7) is 2.00. The summed E-state index contributed by atoms with van der Waals surface area (Å²) in [4.78, 5) is 16.1. The monoisotopic (exact) mass is 658 g/mol. The van der Waals surface area contributed by atoms with Crippen molar-refractivity contribution < 1.29 is 28.5 Å². The number of benzene rings is 3. The van der Waals surface area contributed by atoms with E-state index in [9.17, 15) is 4.79 Å². The Kier molecular flexibility index (Phi) is 7.63. The third-order valence-electron chi connectivity index (χ3n) is 6.03. The van der Waals surface area contributed by atoms with Crippen molar-refractivity contribution in [1.29, 1.82) is 0 Å². The number of thiazole rings is 1. The molecule has 0 amide bonds. The van der Waals surface area contributed by atoms with E-state index in [0.29, 0.717) is 5.69 Å². The molecule has 0 aliphatic rings. The van der Waals surface area contributed by atoms with Crippen LogP contribution in [-0.4, -0.2) is 16.4 Å². The minimum Gasteiger partial charge on any atom is -1.00 e. The molecule has 8 heteroatoms. The molecular weight excluding hydrogens is 635 g/mol. The van der Waals surface area contributed by atoms with Crippen molar-refractivity contribution in [2.45, 2.75) is 6.92 Å². The van der Waals surface area contributed by atoms with E-state index in [1.54, 1.807) is 16.0 Å². The normalized spacial score (nSPS) is 10.7. The van der Waals surface area contributed by atoms with Gasteiger partial charge >= 0.3 is 10.7 Å². The molecule has 5 rings (SSSR count). The van der Waals surface area contributed by atoms with E-state index in [0.717, 1.165) is 37.9 Å². The lowest BCUT2D eigenvalue weighted by Crippen LogP contribution is -3.00. The first-order valence-electron chi connectivity index (χ1n) is 10.9. The lowest BCUT2D eigenvalue weighted by molar-refractivity contribution is -0.566. The van der Waals surface area contributed by atoms with Crippen molar-refractivity contribution in [3.8, 4) is 22.6 Å². The van der Waals surface area contributed by atoms with E-state index in [4.69, 9.17) is 0 Å². The maximum Gasteiger partial charge on any atom is 0.346 e. The lowest BCUT2D eigenvalue weighted by Gasteiger charge is -2.12. The number of rotatable bonds is 5. The van der Waals surface area contributed by atoms with Crippen molar-refractivity contribution in [1.82, 2.24) is 9.36 Å². The van der Waals surface area contributed by atoms with Gasteiger partial charge in [0.05, 0.1) is 18.4 Å². The van der Waals surface area contributed by atoms with Gasteiger partial charge in [-0.15, -0.1) is 0 Å². The van der Waals surface area contributed by atoms with Gasteiger partial charge in [0.2, 0.25) is 5.69 Å². The Morgan fingerprint density at radius 2 is 1.51 bits per heavy atom. The fourth-order valence-electron chi connectivity index (χ4n) is 4.15. The summed E-state index contributed by atoms with van der Waals surface area (Å²) in [5.41, 5.74) is 5.38. The second kappa shape index (κ2) is 10.5. The van der Waals surface area contributed by atoms with Crippen LogP contribution in [0.4, 0.5) is 10.8 Å². The van der Waals surface area contributed by atoms with E-state index in [1.807, 2.05) is 86.4 Å². The zero-order valence-corrected chi connectivity index (χ0v) is 24.1. The van der Waals surface area contributed by atoms with E-state index >= 15 is 0 Å². The maximum absolute atomic E-state index is 14.0. The Balaban J connectivity index is 0.00000289. The highest BCUT2D eigenvalue weighted by atomic mass is 127. The smallest absolute Gasteiger partial charge is 0.346 e. The molecule has 2 heterocycles. The summed E-state index contributed by atoms with van der Waals surface area (Å²) >= 11 is 5.15. The fourth-order valence-corrected chi connectivity index (χ4v) is 5.44. The van der Waals surface area contributed by atoms with Gasteiger partial charge in [0, 0.05) is 22.5 Å². The van der Waals surface area contributed by atoms with Crippen LogP contribution in [0.1, 0.15) is 5.69 Å². The van der Waals surface area contributed by atoms with Gasteiger partial charge in [0.1, 0.15) is 5.69 Å². The van der Waals surface area contributed by atoms with E-state index < -0.39 is 0 Å². The van der Waals surface area contributed by atoms with Crippen LogP contribution in [-0.2, 0) is 7.05 Å². The Hall–Kier alpha value is -2.69. The van der Waals surface area contributed by atoms with Crippen LogP contribution in [0.15, 0.2) is 99.6 Å². The standard InChI is InChI=1S/C27H24BrN4OS.HI/c1-19-25(26(33)32(30(19)3)23-12-8-5-9-13-23)31-24(20-14-16-21(28)17-15-20)18-34-27(31)29(2)22-10-6-4-7-11-22;/h4-18H,1-3H3;1H/q+1;/p-1. The first-order valence-corrected chi connectivity index (χ1v) is 12.6. The predicted molar refractivity (Wildman–Crippen MR) is 143 cm³/mol. The van der Waals surface area contributed by atoms with E-state index in [2.05, 4.69) is 55.0 Å². The molecule has 0 unspecified atom stereocenters. The van der Waals surface area contributed by atoms with Crippen molar-refractivity contribution >= 4 is 38.1 Å². The molecular formula is C27H24BrIN4OS. The molecule has 0 fully saturated rings. The van der Waals surface area contributed by atoms with Gasteiger partial charge in [-0.1, -0.05) is 63.7 Å². The zero-order chi connectivity index (χ0) is 23.8. The molecule has 2 aromatic heterocycles. The Bertz CT molecular complexity index is 1510. The maximum atomic E-state index is 14.0. The van der Waals surface area contributed by atoms with Gasteiger partial charge in [0.15, 0.2) is 5.69 Å². The van der Waals surface area contributed by atoms with Gasteiger partial charge in [0.25, 0.3) is 0 Å². The number of halogens is 2. The fraction of sp³-hybridized carbons (Fsp3) is 0.111. The van der Waals surface area contributed by atoms with Crippen LogP contribution in [0.3, 0.4) is 0 Å². The second-order valence-corrected chi connectivity index (χ2v) is 9.80. The predicted octanol–water partition coefficient (Wildman–Crippen LogP) is 3.02. The highest BCUT2D eigenvalue weighted by Gasteiger charge is 2.32. The minimum absolute atomic E-state index is 0. The molecule has 178 valence electrons. The molecule has 35 heavy (non-hydrogen) atoms. The van der Waals surface area contributed by atoms with Gasteiger partial charge in [-0.3, -0.25) is 9.48 Å². The second-order valence-electron chi connectivity index (χ2n) is 8.05. The van der Waals surface area contributed by atoms with Gasteiger partial charge in [-0.2, -0.15) is 4.57 Å². The van der Waals surface area contributed by atoms with Crippen LogP contribution in [0.25, 0.3) is 22.6 Å². The number of hydrogen-bond donors (Lipinski definition) is 0. The van der Waals surface area contributed by atoms with Crippen molar-refractivity contribution in [2.75, 3.05) is 11.9 Å². The molecule has 0 saturated carbocycles. The molecule has 0 spiro atoms. The summed E-state index contributed by atoms with van der Waals surface area (Å²) in [6.07, 6.45) is 0. The molecule has 5 aromatic rings. The quantitative estimate of drug-likeness (QED) is 0.215. The van der Waals surface area contributed by atoms with E-state index in [1.165, 1.54) is 0 Å². The van der Waals surface area contributed by atoms with Gasteiger partial charge in [-0.25, -0.2) is 9.58 Å². The highest BCUT2D eigenvalue weighted by Crippen LogP contribution is 2.32. The van der Waals surface area contributed by atoms with Gasteiger partial charge in [-0.05, 0) is 55.5 Å². The molecule has 0 aliphatic heterocycles. The van der Waals surface area contributed by atoms with Crippen molar-refractivity contribution in [3.05, 3.63) is 111 Å². The van der Waals surface area contributed by atoms with Crippen molar-refractivity contribution in [3.63, 3.8) is 0 Å². The number of aromatic nitrogens is 3. The molecule has 0 aliphatic carbocycles. The molecule has 3 aromatic carbocycles. The van der Waals surface area contributed by atoms with Crippen LogP contribution in [0.5, 0.6) is 0 Å². The number of nitrogens with zero attached hydrogens (tertiary/aromatic N) is 4. The Morgan fingerprint density at radius 1 is 0.914 bits per heavy atom. The molecule has 0 saturated heterocycles. The summed E-state index contributed by atoms with van der Waals surface area (Å²) in [5, 5.41) is 3.08. The highest BCUT2D eigenvalue weighted by molar-refractivity contribution is 9.10. The van der Waals surface area contributed by atoms with Crippen LogP contribution < -0.4 is 39.0 Å². The number of anilines is 2. The summed E-state index contributed by atoms with van der Waals surface area (Å²) in [7, 11) is 3.97. The molecule has 5 nitrogen and oxygen atoms in total. The Labute approximate surface area is 234 Å². The third kappa shape index (κ3) is 4.62. The molecule has 0 bridgehead atoms. The zero-order valence-electron chi connectivity index (χ0n) is 19.5. The first-order chi connectivity index (χ1) is 16.5. The summed E-state index contributed by atoms with van der Waals surface area (Å²) in [6, 6.07) is 28.2. The summed E-state index contributed by atoms with van der Waals surface area (Å²) in [5.74, 6) is 0. The molecule has 0 radical (unpaired) electrons. The Morgan fingerprint density at radius 3 is 2.14 bits per heavy atom. The lowest BCUT2D eigenvalue weighted by atomic mass is 10.1. The summed E-state index contributed by atoms with van der Waals surface area (Å²) < 4.78 is 6.77. The molecule has 0 N–H and O–H groups in total. The average Bonchev–Trinajstić information content (AvgIpc) is 3.38. The largest absolute Gasteiger partial charge is 1.00 e.